The molecule has 4 bridgehead atoms. The van der Waals surface area contributed by atoms with Crippen molar-refractivity contribution < 1.29 is 22.7 Å². The number of carbonyl (C=O) groups excluding carboxylic acids is 2. The second-order valence-electron chi connectivity index (χ2n) is 12.8. The fourth-order valence-electron chi connectivity index (χ4n) is 7.48. The lowest BCUT2D eigenvalue weighted by molar-refractivity contribution is -0.136. The van der Waals surface area contributed by atoms with E-state index in [4.69, 9.17) is 16.3 Å². The number of aryl methyl sites for hydroxylation is 2. The third-order valence-electron chi connectivity index (χ3n) is 9.95. The first kappa shape index (κ1) is 29.2. The van der Waals surface area contributed by atoms with Crippen molar-refractivity contribution in [2.45, 2.75) is 68.3 Å². The molecule has 2 amide bonds. The van der Waals surface area contributed by atoms with Gasteiger partial charge in [-0.25, -0.2) is 13.1 Å². The van der Waals surface area contributed by atoms with Crippen LogP contribution in [-0.2, 0) is 44.4 Å². The number of likely N-dealkylation sites (N-methyl/N-ethyl adjacent to an activating group) is 1. The second kappa shape index (κ2) is 10.8. The number of carbonyl (C=O) groups is 2. The van der Waals surface area contributed by atoms with E-state index >= 15 is 0 Å². The third-order valence-corrected chi connectivity index (χ3v) is 11.6. The van der Waals surface area contributed by atoms with Crippen LogP contribution in [0, 0.1) is 12.8 Å². The summed E-state index contributed by atoms with van der Waals surface area (Å²) in [5.41, 5.74) is 3.92. The highest BCUT2D eigenvalue weighted by Crippen LogP contribution is 2.46. The first-order chi connectivity index (χ1) is 21.0. The first-order valence-corrected chi connectivity index (χ1v) is 17.0. The minimum absolute atomic E-state index is 0.00606. The zero-order valence-corrected chi connectivity index (χ0v) is 26.5. The van der Waals surface area contributed by atoms with Crippen LogP contribution in [-0.4, -0.2) is 67.7 Å². The van der Waals surface area contributed by atoms with Crippen LogP contribution < -0.4 is 14.4 Å². The van der Waals surface area contributed by atoms with E-state index in [0.717, 1.165) is 37.8 Å². The van der Waals surface area contributed by atoms with Crippen molar-refractivity contribution in [1.29, 1.82) is 0 Å². The summed E-state index contributed by atoms with van der Waals surface area (Å²) in [4.78, 5) is 30.4. The maximum absolute atomic E-state index is 13.5. The molecule has 2 aliphatic carbocycles. The predicted molar refractivity (Wildman–Crippen MR) is 165 cm³/mol. The fraction of sp³-hybridized carbons (Fsp3) is 0.469. The van der Waals surface area contributed by atoms with Crippen LogP contribution in [0.4, 0.5) is 5.69 Å². The van der Waals surface area contributed by atoms with Gasteiger partial charge >= 0.3 is 0 Å². The van der Waals surface area contributed by atoms with Gasteiger partial charge in [-0.3, -0.25) is 14.3 Å². The molecule has 1 aromatic heterocycles. The number of ether oxygens (including phenoxy) is 1. The van der Waals surface area contributed by atoms with Crippen molar-refractivity contribution in [3.05, 3.63) is 70.0 Å². The molecule has 3 heterocycles. The summed E-state index contributed by atoms with van der Waals surface area (Å²) >= 11 is 6.39. The number of benzene rings is 2. The molecular formula is C32H36ClN5O5S. The number of sulfonamides is 1. The zero-order chi connectivity index (χ0) is 30.8. The lowest BCUT2D eigenvalue weighted by Gasteiger charge is -2.47. The molecule has 0 saturated heterocycles. The average molecular weight is 638 g/mol. The molecule has 0 radical (unpaired) electrons. The number of nitrogens with zero attached hydrogens (tertiary/aromatic N) is 4. The SMILES string of the molecule is Cc1cc2nn1CC(=O)N(C)[C@@H]1CC[C@H]1CN1C[C@@]3(CCCc4cc(Cl)ccc43)COc3ccc(cc31)S(=O)(=O)NC(=O)C2. The minimum atomic E-state index is -4.17. The average Bonchev–Trinajstić information content (AvgIpc) is 3.21. The van der Waals surface area contributed by atoms with Crippen LogP contribution in [0.1, 0.15) is 48.2 Å². The molecule has 12 heteroatoms. The van der Waals surface area contributed by atoms with Crippen molar-refractivity contribution in [2.75, 3.05) is 31.6 Å². The first-order valence-electron chi connectivity index (χ1n) is 15.2. The van der Waals surface area contributed by atoms with Gasteiger partial charge in [0, 0.05) is 42.3 Å². The van der Waals surface area contributed by atoms with Gasteiger partial charge in [-0.2, -0.15) is 5.10 Å². The summed E-state index contributed by atoms with van der Waals surface area (Å²) in [6, 6.07) is 12.7. The van der Waals surface area contributed by atoms with Crippen LogP contribution in [0.15, 0.2) is 47.4 Å². The minimum Gasteiger partial charge on any atom is -0.490 e. The van der Waals surface area contributed by atoms with Gasteiger partial charge in [0.1, 0.15) is 12.3 Å². The number of rotatable bonds is 0. The van der Waals surface area contributed by atoms with E-state index in [-0.39, 0.29) is 41.1 Å². The molecule has 1 fully saturated rings. The van der Waals surface area contributed by atoms with Crippen LogP contribution in [0.3, 0.4) is 0 Å². The molecule has 0 unspecified atom stereocenters. The smallest absolute Gasteiger partial charge is 0.264 e. The molecule has 10 nitrogen and oxygen atoms in total. The largest absolute Gasteiger partial charge is 0.490 e. The molecular weight excluding hydrogens is 602 g/mol. The normalized spacial score (nSPS) is 26.4. The van der Waals surface area contributed by atoms with Crippen molar-refractivity contribution in [3.63, 3.8) is 0 Å². The quantitative estimate of drug-likeness (QED) is 0.401. The number of hydrogen-bond acceptors (Lipinski definition) is 7. The Labute approximate surface area is 262 Å². The number of amides is 2. The Kier molecular flexibility index (Phi) is 7.16. The van der Waals surface area contributed by atoms with Gasteiger partial charge in [0.05, 0.1) is 29.3 Å². The molecule has 1 spiro atoms. The van der Waals surface area contributed by atoms with Gasteiger partial charge < -0.3 is 14.5 Å². The molecule has 1 N–H and O–H groups in total. The summed E-state index contributed by atoms with van der Waals surface area (Å²) in [5, 5.41) is 5.15. The van der Waals surface area contributed by atoms with Crippen LogP contribution in [0.25, 0.3) is 0 Å². The maximum Gasteiger partial charge on any atom is 0.264 e. The fourth-order valence-corrected chi connectivity index (χ4v) is 8.68. The molecule has 1 saturated carbocycles. The van der Waals surface area contributed by atoms with Crippen molar-refractivity contribution >= 4 is 39.1 Å². The summed E-state index contributed by atoms with van der Waals surface area (Å²) < 4.78 is 37.3. The Morgan fingerprint density at radius 2 is 1.95 bits per heavy atom. The molecule has 232 valence electrons. The van der Waals surface area contributed by atoms with E-state index < -0.39 is 15.9 Å². The highest BCUT2D eigenvalue weighted by atomic mass is 35.5. The second-order valence-corrected chi connectivity index (χ2v) is 14.9. The molecule has 4 aliphatic rings. The van der Waals surface area contributed by atoms with E-state index in [0.29, 0.717) is 41.8 Å². The van der Waals surface area contributed by atoms with E-state index in [2.05, 4.69) is 20.8 Å². The van der Waals surface area contributed by atoms with Crippen LogP contribution in [0.2, 0.25) is 5.02 Å². The number of hydrogen-bond donors (Lipinski definition) is 1. The Balaban J connectivity index is 1.31. The molecule has 2 aliphatic heterocycles. The number of halogens is 1. The van der Waals surface area contributed by atoms with E-state index in [1.165, 1.54) is 17.2 Å². The summed E-state index contributed by atoms with van der Waals surface area (Å²) in [6.07, 6.45) is 4.48. The molecule has 7 rings (SSSR count). The molecule has 3 aromatic rings. The zero-order valence-electron chi connectivity index (χ0n) is 24.9. The van der Waals surface area contributed by atoms with Crippen molar-refractivity contribution in [3.8, 4) is 5.75 Å². The summed E-state index contributed by atoms with van der Waals surface area (Å²) in [5.74, 6) is 0.0434. The van der Waals surface area contributed by atoms with Crippen molar-refractivity contribution in [1.82, 2.24) is 19.4 Å². The topological polar surface area (TPSA) is 114 Å². The lowest BCUT2D eigenvalue weighted by Crippen LogP contribution is -2.54. The number of anilines is 1. The monoisotopic (exact) mass is 637 g/mol. The highest BCUT2D eigenvalue weighted by molar-refractivity contribution is 7.90. The van der Waals surface area contributed by atoms with Gasteiger partial charge in [0.15, 0.2) is 0 Å². The third kappa shape index (κ3) is 5.13. The van der Waals surface area contributed by atoms with E-state index in [1.54, 1.807) is 22.9 Å². The summed E-state index contributed by atoms with van der Waals surface area (Å²) in [7, 11) is -2.32. The Hall–Kier alpha value is -3.57. The Morgan fingerprint density at radius 3 is 2.75 bits per heavy atom. The van der Waals surface area contributed by atoms with Crippen LogP contribution >= 0.6 is 11.6 Å². The van der Waals surface area contributed by atoms with E-state index in [9.17, 15) is 18.0 Å². The lowest BCUT2D eigenvalue weighted by atomic mass is 9.69. The van der Waals surface area contributed by atoms with Gasteiger partial charge in [0.25, 0.3) is 10.0 Å². The van der Waals surface area contributed by atoms with Gasteiger partial charge in [-0.15, -0.1) is 0 Å². The molecule has 3 atom stereocenters. The van der Waals surface area contributed by atoms with Gasteiger partial charge in [-0.05, 0) is 92.5 Å². The maximum atomic E-state index is 13.5. The standard InChI is InChI=1S/C32H36ClN5O5S/c1-20-12-24-14-30(39)35-44(41,42)25-7-10-29-28(15-25)37(16-22-5-9-27(22)36(2)31(40)17-38(20)34-24)18-32(19-43-29)11-3-4-21-13-23(33)6-8-26(21)32/h6-8,10,12-13,15,22,27H,3-5,9,11,14,16-19H2,1-2H3,(H,35,39)/t22-,27+,32-/m0/s1. The number of aromatic nitrogens is 2. The Morgan fingerprint density at radius 1 is 1.11 bits per heavy atom. The van der Waals surface area contributed by atoms with Crippen LogP contribution in [0.5, 0.6) is 5.75 Å². The number of nitrogens with one attached hydrogen (secondary N) is 1. The Bertz CT molecular complexity index is 1770. The van der Waals surface area contributed by atoms with Gasteiger partial charge in [0.2, 0.25) is 11.8 Å². The van der Waals surface area contributed by atoms with E-state index in [1.807, 2.05) is 31.0 Å². The summed E-state index contributed by atoms with van der Waals surface area (Å²) in [6.45, 7) is 3.58. The number of fused-ring (bicyclic) bond motifs is 6. The highest BCUT2D eigenvalue weighted by Gasteiger charge is 2.44. The molecule has 44 heavy (non-hydrogen) atoms. The van der Waals surface area contributed by atoms with Crippen molar-refractivity contribution in [2.24, 2.45) is 5.92 Å². The van der Waals surface area contributed by atoms with Gasteiger partial charge in [-0.1, -0.05) is 17.7 Å². The molecule has 2 aromatic carbocycles. The predicted octanol–water partition coefficient (Wildman–Crippen LogP) is 3.62.